The zero-order valence-electron chi connectivity index (χ0n) is 14.4. The molecule has 0 spiro atoms. The third-order valence-corrected chi connectivity index (χ3v) is 11.5. The highest BCUT2D eigenvalue weighted by molar-refractivity contribution is 7.78. The number of hydrogen-bond acceptors (Lipinski definition) is 2. The van der Waals surface area contributed by atoms with Crippen molar-refractivity contribution in [1.29, 1.82) is 0 Å². The van der Waals surface area contributed by atoms with Crippen LogP contribution in [0.3, 0.4) is 0 Å². The standard InChI is InChI=1S/C19H25ClNOPSi/c1-3-14-21-15-17(22-23(21)20)16-24(2,18-10-6-4-7-11-18)19-12-8-5-9-13-19/h4-13,17H,3,14-16H2,1-2H3/t17-,23?/m1/s1. The van der Waals surface area contributed by atoms with Gasteiger partial charge in [0, 0.05) is 13.1 Å². The molecule has 1 fully saturated rings. The normalized spacial score (nSPS) is 22.0. The molecule has 3 rings (SSSR count). The molecule has 2 aromatic rings. The number of halogens is 1. The lowest BCUT2D eigenvalue weighted by molar-refractivity contribution is 0.278. The Kier molecular flexibility index (Phi) is 6.12. The summed E-state index contributed by atoms with van der Waals surface area (Å²) in [6.45, 7) is 6.64. The molecule has 0 aromatic heterocycles. The highest BCUT2D eigenvalue weighted by Gasteiger charge is 2.40. The van der Waals surface area contributed by atoms with Gasteiger partial charge in [-0.1, -0.05) is 84.5 Å². The quantitative estimate of drug-likeness (QED) is 0.544. The number of rotatable bonds is 6. The Balaban J connectivity index is 1.87. The minimum atomic E-state index is -1.85. The van der Waals surface area contributed by atoms with Crippen LogP contribution in [0, 0.1) is 0 Å². The molecule has 2 nitrogen and oxygen atoms in total. The molecule has 128 valence electrons. The topological polar surface area (TPSA) is 12.5 Å². The summed E-state index contributed by atoms with van der Waals surface area (Å²) in [5.41, 5.74) is 0. The third kappa shape index (κ3) is 3.92. The Labute approximate surface area is 152 Å². The van der Waals surface area contributed by atoms with Crippen LogP contribution < -0.4 is 10.4 Å². The first-order valence-corrected chi connectivity index (χ1v) is 13.4. The van der Waals surface area contributed by atoms with Gasteiger partial charge in [0.2, 0.25) is 7.65 Å². The maximum Gasteiger partial charge on any atom is 0.207 e. The molecular weight excluding hydrogens is 353 g/mol. The fraction of sp³-hybridized carbons (Fsp3) is 0.368. The van der Waals surface area contributed by atoms with Crippen LogP contribution in [-0.2, 0) is 4.52 Å². The second kappa shape index (κ2) is 8.12. The third-order valence-electron chi connectivity index (χ3n) is 4.81. The van der Waals surface area contributed by atoms with Crippen molar-refractivity contribution in [2.24, 2.45) is 0 Å². The van der Waals surface area contributed by atoms with Crippen LogP contribution in [0.2, 0.25) is 12.6 Å². The van der Waals surface area contributed by atoms with E-state index in [1.807, 2.05) is 0 Å². The highest BCUT2D eigenvalue weighted by atomic mass is 35.7. The predicted molar refractivity (Wildman–Crippen MR) is 108 cm³/mol. The molecular formula is C19H25ClNOPSi. The molecule has 5 heteroatoms. The van der Waals surface area contributed by atoms with Gasteiger partial charge in [-0.2, -0.15) is 0 Å². The van der Waals surface area contributed by atoms with Gasteiger partial charge in [-0.15, -0.1) is 0 Å². The Morgan fingerprint density at radius 3 is 2.12 bits per heavy atom. The Morgan fingerprint density at radius 1 is 1.08 bits per heavy atom. The molecule has 24 heavy (non-hydrogen) atoms. The van der Waals surface area contributed by atoms with Gasteiger partial charge < -0.3 is 4.52 Å². The summed E-state index contributed by atoms with van der Waals surface area (Å²) in [5.74, 6) is 0. The van der Waals surface area contributed by atoms with Gasteiger partial charge in [0.05, 0.1) is 6.10 Å². The molecule has 0 radical (unpaired) electrons. The summed E-state index contributed by atoms with van der Waals surface area (Å²) in [6.07, 6.45) is 1.35. The molecule has 2 atom stereocenters. The fourth-order valence-corrected chi connectivity index (χ4v) is 9.38. The Bertz CT molecular complexity index is 603. The van der Waals surface area contributed by atoms with E-state index in [-0.39, 0.29) is 6.10 Å². The number of benzene rings is 2. The average molecular weight is 378 g/mol. The summed E-state index contributed by atoms with van der Waals surface area (Å²) in [5, 5.41) is 2.93. The molecule has 0 saturated carbocycles. The van der Waals surface area contributed by atoms with E-state index in [0.29, 0.717) is 0 Å². The Hall–Kier alpha value is -0.703. The van der Waals surface area contributed by atoms with E-state index in [1.165, 1.54) is 10.4 Å². The second-order valence-electron chi connectivity index (χ2n) is 6.63. The lowest BCUT2D eigenvalue weighted by Gasteiger charge is -2.31. The average Bonchev–Trinajstić information content (AvgIpc) is 2.96. The monoisotopic (exact) mass is 377 g/mol. The zero-order valence-corrected chi connectivity index (χ0v) is 17.0. The minimum Gasteiger partial charge on any atom is -0.327 e. The van der Waals surface area contributed by atoms with Crippen LogP contribution in [0.25, 0.3) is 0 Å². The second-order valence-corrected chi connectivity index (χ2v) is 13.0. The van der Waals surface area contributed by atoms with E-state index in [4.69, 9.17) is 15.8 Å². The van der Waals surface area contributed by atoms with Crippen molar-refractivity contribution in [3.63, 3.8) is 0 Å². The van der Waals surface area contributed by atoms with Crippen molar-refractivity contribution in [1.82, 2.24) is 4.67 Å². The summed E-state index contributed by atoms with van der Waals surface area (Å²) in [6, 6.07) is 23.0. The molecule has 1 aliphatic heterocycles. The molecule has 2 aromatic carbocycles. The van der Waals surface area contributed by atoms with Crippen LogP contribution in [0.15, 0.2) is 60.7 Å². The molecule has 1 saturated heterocycles. The SMILES string of the molecule is CCCN1C[C@H](C[Si](C)(c2ccccc2)c2ccccc2)OP1Cl. The molecule has 0 aliphatic carbocycles. The molecule has 0 N–H and O–H groups in total. The van der Waals surface area contributed by atoms with Crippen molar-refractivity contribution in [2.75, 3.05) is 13.1 Å². The number of hydrogen-bond donors (Lipinski definition) is 0. The maximum absolute atomic E-state index is 6.46. The molecule has 0 amide bonds. The van der Waals surface area contributed by atoms with E-state index in [2.05, 4.69) is 78.8 Å². The molecule has 0 bridgehead atoms. The van der Waals surface area contributed by atoms with Gasteiger partial charge in [-0.05, 0) is 23.7 Å². The Morgan fingerprint density at radius 2 is 1.62 bits per heavy atom. The maximum atomic E-state index is 6.46. The van der Waals surface area contributed by atoms with Crippen molar-refractivity contribution >= 4 is 37.3 Å². The van der Waals surface area contributed by atoms with Gasteiger partial charge in [0.1, 0.15) is 8.07 Å². The van der Waals surface area contributed by atoms with Crippen LogP contribution in [-0.4, -0.2) is 31.9 Å². The first-order valence-electron chi connectivity index (χ1n) is 8.62. The van der Waals surface area contributed by atoms with Crippen molar-refractivity contribution in [3.05, 3.63) is 60.7 Å². The van der Waals surface area contributed by atoms with Gasteiger partial charge in [0.15, 0.2) is 0 Å². The van der Waals surface area contributed by atoms with E-state index in [0.717, 1.165) is 25.6 Å². The van der Waals surface area contributed by atoms with Crippen LogP contribution in [0.4, 0.5) is 0 Å². The summed E-state index contributed by atoms with van der Waals surface area (Å²) in [4.78, 5) is 0. The predicted octanol–water partition coefficient (Wildman–Crippen LogP) is 4.46. The van der Waals surface area contributed by atoms with Gasteiger partial charge in [0.25, 0.3) is 0 Å². The first kappa shape index (κ1) is 18.1. The van der Waals surface area contributed by atoms with E-state index in [1.54, 1.807) is 0 Å². The van der Waals surface area contributed by atoms with Crippen LogP contribution in [0.1, 0.15) is 13.3 Å². The van der Waals surface area contributed by atoms with Crippen molar-refractivity contribution < 1.29 is 4.52 Å². The van der Waals surface area contributed by atoms with Gasteiger partial charge in [-0.25, -0.2) is 4.67 Å². The van der Waals surface area contributed by atoms with E-state index >= 15 is 0 Å². The highest BCUT2D eigenvalue weighted by Crippen LogP contribution is 2.53. The summed E-state index contributed by atoms with van der Waals surface area (Å²) >= 11 is 6.46. The van der Waals surface area contributed by atoms with Crippen LogP contribution in [0.5, 0.6) is 0 Å². The minimum absolute atomic E-state index is 0.234. The van der Waals surface area contributed by atoms with E-state index in [9.17, 15) is 0 Å². The lowest BCUT2D eigenvalue weighted by Crippen LogP contribution is -2.57. The largest absolute Gasteiger partial charge is 0.327 e. The lowest BCUT2D eigenvalue weighted by atomic mass is 10.3. The van der Waals surface area contributed by atoms with Gasteiger partial charge >= 0.3 is 0 Å². The van der Waals surface area contributed by atoms with Crippen LogP contribution >= 0.6 is 18.9 Å². The zero-order chi connectivity index (χ0) is 17.0. The first-order chi connectivity index (χ1) is 11.6. The fourth-order valence-electron chi connectivity index (χ4n) is 3.52. The summed E-state index contributed by atoms with van der Waals surface area (Å²) < 4.78 is 8.47. The molecule has 1 aliphatic rings. The van der Waals surface area contributed by atoms with Crippen molar-refractivity contribution in [2.45, 2.75) is 32.0 Å². The molecule has 1 heterocycles. The summed E-state index contributed by atoms with van der Waals surface area (Å²) in [7, 11) is -2.79. The van der Waals surface area contributed by atoms with Crippen molar-refractivity contribution in [3.8, 4) is 0 Å². The van der Waals surface area contributed by atoms with E-state index < -0.39 is 15.7 Å². The van der Waals surface area contributed by atoms with Gasteiger partial charge in [-0.3, -0.25) is 0 Å². The number of nitrogens with zero attached hydrogens (tertiary/aromatic N) is 1. The molecule has 1 unspecified atom stereocenters. The smallest absolute Gasteiger partial charge is 0.207 e.